The van der Waals surface area contributed by atoms with E-state index in [0.717, 1.165) is 0 Å². The molecule has 0 aliphatic carbocycles. The average molecular weight is 212 g/mol. The zero-order valence-electron chi connectivity index (χ0n) is 7.97. The topological polar surface area (TPSA) is 111 Å². The number of hydroxylamine groups is 1. The molecule has 0 spiro atoms. The first-order valence-corrected chi connectivity index (χ1v) is 3.89. The lowest BCUT2D eigenvalue weighted by molar-refractivity contribution is -0.144. The van der Waals surface area contributed by atoms with Crippen LogP contribution in [0.25, 0.3) is 0 Å². The third-order valence-corrected chi connectivity index (χ3v) is 1.40. The third-order valence-electron chi connectivity index (χ3n) is 1.40. The van der Waals surface area contributed by atoms with Gasteiger partial charge in [-0.25, -0.2) is 10.3 Å². The second-order valence-corrected chi connectivity index (χ2v) is 2.48. The summed E-state index contributed by atoms with van der Waals surface area (Å²) in [5.41, 5.74) is 2.43. The highest BCUT2D eigenvalue weighted by molar-refractivity contribution is 5.93. The van der Waals surface area contributed by atoms with E-state index in [4.69, 9.17) is 5.11 Å². The Morgan fingerprint density at radius 1 is 1.27 bits per heavy atom. The standard InChI is InChI=1S/C9H9NO4.H3N/c11-8(12)6-14-10-9(13)7-4-2-1-3-5-7;/h1-5H,6H2,(H,10,13)(H,11,12);1H3. The summed E-state index contributed by atoms with van der Waals surface area (Å²) < 4.78 is 0. The number of aliphatic carboxylic acids is 1. The summed E-state index contributed by atoms with van der Waals surface area (Å²) in [7, 11) is 0. The Kier molecular flexibility index (Phi) is 5.69. The predicted octanol–water partition coefficient (Wildman–Crippen LogP) is 0.595. The van der Waals surface area contributed by atoms with Crippen molar-refractivity contribution in [2.75, 3.05) is 6.61 Å². The van der Waals surface area contributed by atoms with Crippen molar-refractivity contribution in [2.24, 2.45) is 0 Å². The van der Waals surface area contributed by atoms with E-state index in [1.807, 2.05) is 5.48 Å². The Bertz CT molecular complexity index is 326. The molecule has 0 heterocycles. The number of rotatable bonds is 4. The first-order valence-electron chi connectivity index (χ1n) is 3.89. The van der Waals surface area contributed by atoms with Gasteiger partial charge in [-0.2, -0.15) is 0 Å². The fourth-order valence-electron chi connectivity index (χ4n) is 0.812. The van der Waals surface area contributed by atoms with Gasteiger partial charge in [0.15, 0.2) is 6.61 Å². The van der Waals surface area contributed by atoms with Crippen LogP contribution in [0.1, 0.15) is 10.4 Å². The molecule has 0 fully saturated rings. The van der Waals surface area contributed by atoms with Gasteiger partial charge in [0.1, 0.15) is 0 Å². The third kappa shape index (κ3) is 4.75. The van der Waals surface area contributed by atoms with Gasteiger partial charge in [0.2, 0.25) is 0 Å². The molecule has 0 aliphatic heterocycles. The first kappa shape index (κ1) is 13.1. The molecule has 0 aromatic heterocycles. The number of carbonyl (C=O) groups is 2. The van der Waals surface area contributed by atoms with Crippen molar-refractivity contribution >= 4 is 11.9 Å². The fraction of sp³-hybridized carbons (Fsp3) is 0.111. The SMILES string of the molecule is N.O=C(O)CONC(=O)c1ccccc1. The summed E-state index contributed by atoms with van der Waals surface area (Å²) in [5, 5.41) is 8.22. The zero-order chi connectivity index (χ0) is 10.4. The quantitative estimate of drug-likeness (QED) is 0.632. The maximum atomic E-state index is 11.2. The highest BCUT2D eigenvalue weighted by atomic mass is 16.7. The average Bonchev–Trinajstić information content (AvgIpc) is 2.18. The number of benzene rings is 1. The smallest absolute Gasteiger partial charge is 0.332 e. The molecule has 0 radical (unpaired) electrons. The predicted molar refractivity (Wildman–Crippen MR) is 52.5 cm³/mol. The van der Waals surface area contributed by atoms with Gasteiger partial charge in [0.05, 0.1) is 0 Å². The monoisotopic (exact) mass is 212 g/mol. The van der Waals surface area contributed by atoms with E-state index < -0.39 is 18.5 Å². The van der Waals surface area contributed by atoms with Crippen LogP contribution in [0.4, 0.5) is 0 Å². The van der Waals surface area contributed by atoms with Gasteiger partial charge in [-0.3, -0.25) is 9.63 Å². The Morgan fingerprint density at radius 3 is 2.40 bits per heavy atom. The number of hydrogen-bond donors (Lipinski definition) is 3. The number of carboxylic acid groups (broad SMARTS) is 1. The second kappa shape index (κ2) is 6.52. The molecule has 0 unspecified atom stereocenters. The lowest BCUT2D eigenvalue weighted by Gasteiger charge is -2.02. The molecule has 0 bridgehead atoms. The normalized spacial score (nSPS) is 8.80. The molecule has 82 valence electrons. The van der Waals surface area contributed by atoms with Crippen molar-refractivity contribution in [3.8, 4) is 0 Å². The summed E-state index contributed by atoms with van der Waals surface area (Å²) in [6, 6.07) is 8.37. The van der Waals surface area contributed by atoms with Crippen LogP contribution in [-0.2, 0) is 9.63 Å². The summed E-state index contributed by atoms with van der Waals surface area (Å²) in [5.74, 6) is -1.61. The van der Waals surface area contributed by atoms with E-state index in [9.17, 15) is 9.59 Å². The highest BCUT2D eigenvalue weighted by Crippen LogP contribution is 1.97. The molecule has 0 saturated heterocycles. The maximum absolute atomic E-state index is 11.2. The number of hydrogen-bond acceptors (Lipinski definition) is 4. The second-order valence-electron chi connectivity index (χ2n) is 2.48. The van der Waals surface area contributed by atoms with Crippen molar-refractivity contribution in [1.29, 1.82) is 0 Å². The van der Waals surface area contributed by atoms with Gasteiger partial charge in [0.25, 0.3) is 5.91 Å². The van der Waals surface area contributed by atoms with Crippen molar-refractivity contribution in [3.05, 3.63) is 35.9 Å². The van der Waals surface area contributed by atoms with Gasteiger partial charge in [0, 0.05) is 5.56 Å². The molecular weight excluding hydrogens is 200 g/mol. The molecule has 6 nitrogen and oxygen atoms in total. The lowest BCUT2D eigenvalue weighted by Crippen LogP contribution is -2.26. The van der Waals surface area contributed by atoms with E-state index >= 15 is 0 Å². The zero-order valence-corrected chi connectivity index (χ0v) is 7.97. The fourth-order valence-corrected chi connectivity index (χ4v) is 0.812. The Morgan fingerprint density at radius 2 is 1.87 bits per heavy atom. The molecule has 0 saturated carbocycles. The molecular formula is C9H12N2O4. The Balaban J connectivity index is 0.00000196. The molecule has 1 aromatic rings. The van der Waals surface area contributed by atoms with Crippen LogP contribution in [0.2, 0.25) is 0 Å². The van der Waals surface area contributed by atoms with Gasteiger partial charge in [-0.15, -0.1) is 0 Å². The largest absolute Gasteiger partial charge is 0.479 e. The number of amides is 1. The van der Waals surface area contributed by atoms with E-state index in [0.29, 0.717) is 5.56 Å². The van der Waals surface area contributed by atoms with Gasteiger partial charge >= 0.3 is 5.97 Å². The summed E-state index contributed by atoms with van der Waals surface area (Å²) >= 11 is 0. The number of carbonyl (C=O) groups excluding carboxylic acids is 1. The van der Waals surface area contributed by atoms with Crippen molar-refractivity contribution in [3.63, 3.8) is 0 Å². The maximum Gasteiger partial charge on any atom is 0.332 e. The minimum atomic E-state index is -1.14. The van der Waals surface area contributed by atoms with Crippen LogP contribution < -0.4 is 11.6 Å². The molecule has 1 aromatic carbocycles. The first-order chi connectivity index (χ1) is 6.70. The van der Waals surface area contributed by atoms with Crippen LogP contribution in [0.15, 0.2) is 30.3 Å². The van der Waals surface area contributed by atoms with Crippen LogP contribution in [0.3, 0.4) is 0 Å². The van der Waals surface area contributed by atoms with Crippen LogP contribution in [-0.4, -0.2) is 23.6 Å². The van der Waals surface area contributed by atoms with Crippen LogP contribution >= 0.6 is 0 Å². The summed E-state index contributed by atoms with van der Waals surface area (Å²) in [6.45, 7) is -0.557. The van der Waals surface area contributed by atoms with Crippen molar-refractivity contribution in [2.45, 2.75) is 0 Å². The Hall–Kier alpha value is -1.92. The molecule has 1 amide bonds. The lowest BCUT2D eigenvalue weighted by atomic mass is 10.2. The number of nitrogens with one attached hydrogen (secondary N) is 1. The molecule has 6 heteroatoms. The van der Waals surface area contributed by atoms with E-state index in [2.05, 4.69) is 4.84 Å². The molecule has 1 rings (SSSR count). The van der Waals surface area contributed by atoms with Gasteiger partial charge in [-0.1, -0.05) is 18.2 Å². The summed E-state index contributed by atoms with van der Waals surface area (Å²) in [6.07, 6.45) is 0. The Labute approximate surface area is 86.4 Å². The molecule has 15 heavy (non-hydrogen) atoms. The van der Waals surface area contributed by atoms with Crippen molar-refractivity contribution in [1.82, 2.24) is 11.6 Å². The molecule has 0 aliphatic rings. The van der Waals surface area contributed by atoms with Gasteiger partial charge < -0.3 is 11.3 Å². The van der Waals surface area contributed by atoms with Gasteiger partial charge in [-0.05, 0) is 12.1 Å². The minimum Gasteiger partial charge on any atom is -0.479 e. The van der Waals surface area contributed by atoms with Crippen LogP contribution in [0.5, 0.6) is 0 Å². The van der Waals surface area contributed by atoms with E-state index in [1.165, 1.54) is 0 Å². The number of carboxylic acids is 1. The van der Waals surface area contributed by atoms with E-state index in [1.54, 1.807) is 30.3 Å². The minimum absolute atomic E-state index is 0. The van der Waals surface area contributed by atoms with E-state index in [-0.39, 0.29) is 6.15 Å². The highest BCUT2D eigenvalue weighted by Gasteiger charge is 2.04. The summed E-state index contributed by atoms with van der Waals surface area (Å²) in [4.78, 5) is 25.7. The molecule has 5 N–H and O–H groups in total. The van der Waals surface area contributed by atoms with Crippen molar-refractivity contribution < 1.29 is 19.5 Å². The van der Waals surface area contributed by atoms with Crippen LogP contribution in [0, 0.1) is 0 Å². The molecule has 0 atom stereocenters.